The number of non-ortho nitro benzene ring substituents is 1. The standard InChI is InChI=1S/C19H23N3O5/c1-3-13-6-4-5-9-21(13)18(23)12(2)27-19(24)16-11-20-17-10-14(22(25)26)7-8-15(16)17/h7-8,10-13,20H,3-6,9H2,1-2H3/t12-,13-/m0/s1. The number of rotatable bonds is 5. The summed E-state index contributed by atoms with van der Waals surface area (Å²) in [4.78, 5) is 40.3. The lowest BCUT2D eigenvalue weighted by molar-refractivity contribution is -0.384. The van der Waals surface area contributed by atoms with Crippen molar-refractivity contribution in [1.29, 1.82) is 0 Å². The number of ether oxygens (including phenoxy) is 1. The summed E-state index contributed by atoms with van der Waals surface area (Å²) in [5.74, 6) is -0.800. The molecule has 0 radical (unpaired) electrons. The van der Waals surface area contributed by atoms with Crippen LogP contribution in [0.15, 0.2) is 24.4 Å². The number of benzene rings is 1. The van der Waals surface area contributed by atoms with Gasteiger partial charge in [0.1, 0.15) is 0 Å². The monoisotopic (exact) mass is 373 g/mol. The highest BCUT2D eigenvalue weighted by Crippen LogP contribution is 2.25. The minimum atomic E-state index is -0.882. The van der Waals surface area contributed by atoms with E-state index >= 15 is 0 Å². The van der Waals surface area contributed by atoms with E-state index < -0.39 is 17.0 Å². The van der Waals surface area contributed by atoms with Crippen LogP contribution < -0.4 is 0 Å². The van der Waals surface area contributed by atoms with Crippen LogP contribution in [0.1, 0.15) is 49.9 Å². The molecule has 1 saturated heterocycles. The van der Waals surface area contributed by atoms with Crippen LogP contribution >= 0.6 is 0 Å². The molecule has 1 aromatic heterocycles. The van der Waals surface area contributed by atoms with Crippen LogP contribution in [0.3, 0.4) is 0 Å². The molecular weight excluding hydrogens is 350 g/mol. The molecule has 2 aromatic rings. The van der Waals surface area contributed by atoms with Crippen LogP contribution in [0.5, 0.6) is 0 Å². The lowest BCUT2D eigenvalue weighted by Gasteiger charge is -2.36. The molecule has 1 fully saturated rings. The molecule has 8 heteroatoms. The molecule has 0 aliphatic carbocycles. The number of fused-ring (bicyclic) bond motifs is 1. The number of aromatic amines is 1. The van der Waals surface area contributed by atoms with E-state index in [9.17, 15) is 19.7 Å². The van der Waals surface area contributed by atoms with Crippen LogP contribution in [0.25, 0.3) is 10.9 Å². The first kappa shape index (κ1) is 18.9. The van der Waals surface area contributed by atoms with Crippen molar-refractivity contribution in [1.82, 2.24) is 9.88 Å². The van der Waals surface area contributed by atoms with Crippen molar-refractivity contribution in [2.75, 3.05) is 6.54 Å². The van der Waals surface area contributed by atoms with Gasteiger partial charge in [0.25, 0.3) is 11.6 Å². The van der Waals surface area contributed by atoms with E-state index in [2.05, 4.69) is 11.9 Å². The fourth-order valence-corrected chi connectivity index (χ4v) is 3.62. The van der Waals surface area contributed by atoms with Gasteiger partial charge in [-0.15, -0.1) is 0 Å². The Bertz CT molecular complexity index is 875. The van der Waals surface area contributed by atoms with Gasteiger partial charge in [-0.1, -0.05) is 6.92 Å². The first-order valence-electron chi connectivity index (χ1n) is 9.19. The fourth-order valence-electron chi connectivity index (χ4n) is 3.62. The SMILES string of the molecule is CC[C@H]1CCCCN1C(=O)[C@H](C)OC(=O)c1c[nH]c2cc([N+](=O)[O-])ccc12. The number of aromatic nitrogens is 1. The van der Waals surface area contributed by atoms with Crippen molar-refractivity contribution in [3.05, 3.63) is 40.1 Å². The number of nitrogens with one attached hydrogen (secondary N) is 1. The van der Waals surface area contributed by atoms with E-state index in [0.29, 0.717) is 17.4 Å². The van der Waals surface area contributed by atoms with E-state index in [4.69, 9.17) is 4.74 Å². The molecular formula is C19H23N3O5. The minimum Gasteiger partial charge on any atom is -0.449 e. The van der Waals surface area contributed by atoms with E-state index in [1.54, 1.807) is 6.92 Å². The highest BCUT2D eigenvalue weighted by atomic mass is 16.6. The maximum absolute atomic E-state index is 12.7. The van der Waals surface area contributed by atoms with Gasteiger partial charge in [0.2, 0.25) is 0 Å². The van der Waals surface area contributed by atoms with Gasteiger partial charge in [-0.3, -0.25) is 14.9 Å². The molecule has 0 saturated carbocycles. The molecule has 2 heterocycles. The van der Waals surface area contributed by atoms with Gasteiger partial charge in [0.05, 0.1) is 16.0 Å². The molecule has 1 aliphatic rings. The molecule has 144 valence electrons. The molecule has 1 aromatic carbocycles. The number of H-pyrrole nitrogens is 1. The maximum atomic E-state index is 12.7. The summed E-state index contributed by atoms with van der Waals surface area (Å²) < 4.78 is 5.40. The predicted octanol–water partition coefficient (Wildman–Crippen LogP) is 3.41. The average molecular weight is 373 g/mol. The third kappa shape index (κ3) is 3.79. The van der Waals surface area contributed by atoms with Crippen LogP contribution in [0.2, 0.25) is 0 Å². The Balaban J connectivity index is 1.73. The quantitative estimate of drug-likeness (QED) is 0.491. The maximum Gasteiger partial charge on any atom is 0.341 e. The number of piperidine rings is 1. The molecule has 27 heavy (non-hydrogen) atoms. The van der Waals surface area contributed by atoms with Gasteiger partial charge in [0, 0.05) is 36.3 Å². The van der Waals surface area contributed by atoms with Gasteiger partial charge in [0.15, 0.2) is 6.10 Å². The van der Waals surface area contributed by atoms with E-state index in [1.807, 2.05) is 4.90 Å². The van der Waals surface area contributed by atoms with Crippen LogP contribution in [0.4, 0.5) is 5.69 Å². The number of esters is 1. The van der Waals surface area contributed by atoms with Gasteiger partial charge >= 0.3 is 5.97 Å². The van der Waals surface area contributed by atoms with Crippen LogP contribution in [-0.2, 0) is 9.53 Å². The normalized spacial score (nSPS) is 18.3. The van der Waals surface area contributed by atoms with Crippen LogP contribution in [0, 0.1) is 10.1 Å². The largest absolute Gasteiger partial charge is 0.449 e. The van der Waals surface area contributed by atoms with Gasteiger partial charge in [-0.25, -0.2) is 4.79 Å². The molecule has 0 spiro atoms. The predicted molar refractivity (Wildman–Crippen MR) is 99.5 cm³/mol. The van der Waals surface area contributed by atoms with Gasteiger partial charge in [-0.05, 0) is 38.7 Å². The Morgan fingerprint density at radius 1 is 1.41 bits per heavy atom. The number of hydrogen-bond donors (Lipinski definition) is 1. The number of carbonyl (C=O) groups is 2. The van der Waals surface area contributed by atoms with Crippen molar-refractivity contribution in [2.45, 2.75) is 51.7 Å². The topological polar surface area (TPSA) is 106 Å². The zero-order valence-electron chi connectivity index (χ0n) is 15.4. The summed E-state index contributed by atoms with van der Waals surface area (Å²) in [5.41, 5.74) is 0.658. The molecule has 1 aliphatic heterocycles. The summed E-state index contributed by atoms with van der Waals surface area (Å²) in [7, 11) is 0. The Hall–Kier alpha value is -2.90. The molecule has 3 rings (SSSR count). The molecule has 0 unspecified atom stereocenters. The van der Waals surface area contributed by atoms with E-state index in [1.165, 1.54) is 24.4 Å². The summed E-state index contributed by atoms with van der Waals surface area (Å²) >= 11 is 0. The number of carbonyl (C=O) groups excluding carboxylic acids is 2. The third-order valence-corrected chi connectivity index (χ3v) is 5.11. The summed E-state index contributed by atoms with van der Waals surface area (Å²) in [6.07, 6.45) is 4.50. The first-order valence-corrected chi connectivity index (χ1v) is 9.19. The van der Waals surface area contributed by atoms with Crippen molar-refractivity contribution < 1.29 is 19.2 Å². The van der Waals surface area contributed by atoms with Crippen molar-refractivity contribution in [3.8, 4) is 0 Å². The highest BCUT2D eigenvalue weighted by molar-refractivity contribution is 6.05. The summed E-state index contributed by atoms with van der Waals surface area (Å²) in [5, 5.41) is 11.4. The second-order valence-electron chi connectivity index (χ2n) is 6.83. The molecule has 0 bridgehead atoms. The first-order chi connectivity index (χ1) is 12.9. The summed E-state index contributed by atoms with van der Waals surface area (Å²) in [6.45, 7) is 4.33. The van der Waals surface area contributed by atoms with E-state index in [-0.39, 0.29) is 23.2 Å². The van der Waals surface area contributed by atoms with Crippen molar-refractivity contribution >= 4 is 28.5 Å². The Labute approximate surface area is 156 Å². The van der Waals surface area contributed by atoms with Crippen LogP contribution in [-0.4, -0.2) is 45.4 Å². The highest BCUT2D eigenvalue weighted by Gasteiger charge is 2.31. The summed E-state index contributed by atoms with van der Waals surface area (Å²) in [6, 6.07) is 4.40. The number of hydrogen-bond acceptors (Lipinski definition) is 5. The smallest absolute Gasteiger partial charge is 0.341 e. The fraction of sp³-hybridized carbons (Fsp3) is 0.474. The van der Waals surface area contributed by atoms with Crippen molar-refractivity contribution in [2.24, 2.45) is 0 Å². The lowest BCUT2D eigenvalue weighted by atomic mass is 9.99. The van der Waals surface area contributed by atoms with Gasteiger partial charge < -0.3 is 14.6 Å². The molecule has 1 N–H and O–H groups in total. The number of nitrogens with zero attached hydrogens (tertiary/aromatic N) is 2. The minimum absolute atomic E-state index is 0.0662. The number of likely N-dealkylation sites (tertiary alicyclic amines) is 1. The molecule has 2 atom stereocenters. The number of nitro groups is 1. The third-order valence-electron chi connectivity index (χ3n) is 5.11. The second-order valence-corrected chi connectivity index (χ2v) is 6.83. The van der Waals surface area contributed by atoms with Gasteiger partial charge in [-0.2, -0.15) is 0 Å². The lowest BCUT2D eigenvalue weighted by Crippen LogP contribution is -2.48. The average Bonchev–Trinajstić information content (AvgIpc) is 3.10. The number of nitro benzene ring substituents is 1. The Morgan fingerprint density at radius 2 is 2.19 bits per heavy atom. The Kier molecular flexibility index (Phi) is 5.43. The molecule has 1 amide bonds. The zero-order valence-corrected chi connectivity index (χ0v) is 15.4. The molecule has 8 nitrogen and oxygen atoms in total. The zero-order chi connectivity index (χ0) is 19.6. The second kappa shape index (κ2) is 7.77. The Morgan fingerprint density at radius 3 is 2.89 bits per heavy atom. The van der Waals surface area contributed by atoms with E-state index in [0.717, 1.165) is 25.7 Å². The van der Waals surface area contributed by atoms with Crippen molar-refractivity contribution in [3.63, 3.8) is 0 Å². The number of amides is 1.